The van der Waals surface area contributed by atoms with Crippen LogP contribution in [0.2, 0.25) is 0 Å². The Bertz CT molecular complexity index is 1050. The second kappa shape index (κ2) is 8.20. The van der Waals surface area contributed by atoms with Gasteiger partial charge in [0.05, 0.1) is 48.1 Å². The molecule has 0 unspecified atom stereocenters. The first-order valence-corrected chi connectivity index (χ1v) is 10.8. The number of carboxylic acids is 1. The molecule has 0 aromatic heterocycles. The van der Waals surface area contributed by atoms with Crippen molar-refractivity contribution in [2.75, 3.05) is 13.7 Å². The molecule has 2 heterocycles. The summed E-state index contributed by atoms with van der Waals surface area (Å²) >= 11 is 6.70. The number of nitrogens with zero attached hydrogens (tertiary/aromatic N) is 1. The van der Waals surface area contributed by atoms with E-state index in [-0.39, 0.29) is 18.1 Å². The minimum Gasteiger partial charge on any atom is -0.498 e. The van der Waals surface area contributed by atoms with E-state index in [4.69, 9.17) is 25.8 Å². The fourth-order valence-corrected chi connectivity index (χ4v) is 4.61. The summed E-state index contributed by atoms with van der Waals surface area (Å²) in [5.41, 5.74) is 1.52. The Labute approximate surface area is 191 Å². The minimum absolute atomic E-state index is 0.249. The van der Waals surface area contributed by atoms with Crippen molar-refractivity contribution >= 4 is 23.5 Å². The summed E-state index contributed by atoms with van der Waals surface area (Å²) in [6, 6.07) is 7.12. The standard InChI is InChI=1S/C24H26ClNO6/c1-24(2,3)19-12-31-11-15-16(25)9-14(13-7-5-6-8-17(13)30-4)22-21(15)26(19)23(29)18(32-22)10-20(27)28/h5-9,11,14,18-19H,10,12H2,1-4H3,(H,27,28)/t14-,18+,19-/m0/s1. The monoisotopic (exact) mass is 459 g/mol. The number of benzene rings is 1. The number of carbonyl (C=O) groups excluding carboxylic acids is 1. The van der Waals surface area contributed by atoms with Crippen LogP contribution in [0.15, 0.2) is 58.7 Å². The largest absolute Gasteiger partial charge is 0.498 e. The molecule has 8 heteroatoms. The molecule has 32 heavy (non-hydrogen) atoms. The predicted octanol–water partition coefficient (Wildman–Crippen LogP) is 4.16. The van der Waals surface area contributed by atoms with Gasteiger partial charge in [0, 0.05) is 5.56 Å². The summed E-state index contributed by atoms with van der Waals surface area (Å²) in [4.78, 5) is 26.7. The van der Waals surface area contributed by atoms with Crippen LogP contribution in [0.25, 0.3) is 0 Å². The van der Waals surface area contributed by atoms with Crippen molar-refractivity contribution in [1.82, 2.24) is 4.90 Å². The van der Waals surface area contributed by atoms with Crippen molar-refractivity contribution in [1.29, 1.82) is 0 Å². The van der Waals surface area contributed by atoms with Gasteiger partial charge < -0.3 is 19.3 Å². The third kappa shape index (κ3) is 3.75. The van der Waals surface area contributed by atoms with Crippen molar-refractivity contribution in [2.45, 2.75) is 45.3 Å². The number of aliphatic carboxylic acids is 1. The number of methoxy groups -OCH3 is 1. The Morgan fingerprint density at radius 1 is 1.31 bits per heavy atom. The fraction of sp³-hybridized carbons (Fsp3) is 0.417. The van der Waals surface area contributed by atoms with Crippen molar-refractivity contribution in [3.63, 3.8) is 0 Å². The molecule has 0 bridgehead atoms. The molecule has 2 aliphatic heterocycles. The molecule has 0 radical (unpaired) electrons. The zero-order valence-corrected chi connectivity index (χ0v) is 19.2. The summed E-state index contributed by atoms with van der Waals surface area (Å²) in [6.45, 7) is 6.29. The average Bonchev–Trinajstić information content (AvgIpc) is 2.94. The quantitative estimate of drug-likeness (QED) is 0.727. The normalized spacial score (nSPS) is 25.1. The lowest BCUT2D eigenvalue weighted by Gasteiger charge is -2.46. The number of rotatable bonds is 4. The van der Waals surface area contributed by atoms with E-state index < -0.39 is 30.3 Å². The Morgan fingerprint density at radius 2 is 2.03 bits per heavy atom. The predicted molar refractivity (Wildman–Crippen MR) is 118 cm³/mol. The topological polar surface area (TPSA) is 85.3 Å². The smallest absolute Gasteiger partial charge is 0.307 e. The molecular formula is C24H26ClNO6. The summed E-state index contributed by atoms with van der Waals surface area (Å²) in [7, 11) is 1.58. The molecule has 1 aromatic rings. The number of ether oxygens (including phenoxy) is 3. The van der Waals surface area contributed by atoms with Crippen LogP contribution in [0.4, 0.5) is 0 Å². The molecule has 0 fully saturated rings. The van der Waals surface area contributed by atoms with Crippen LogP contribution in [-0.4, -0.2) is 47.7 Å². The van der Waals surface area contributed by atoms with Gasteiger partial charge >= 0.3 is 5.97 Å². The number of amides is 1. The first kappa shape index (κ1) is 22.3. The van der Waals surface area contributed by atoms with Gasteiger partial charge in [-0.1, -0.05) is 50.6 Å². The van der Waals surface area contributed by atoms with Crippen molar-refractivity contribution < 1.29 is 28.9 Å². The molecule has 7 nitrogen and oxygen atoms in total. The van der Waals surface area contributed by atoms with Gasteiger partial charge in [-0.05, 0) is 17.6 Å². The van der Waals surface area contributed by atoms with Crippen LogP contribution in [0, 0.1) is 5.41 Å². The molecule has 170 valence electrons. The SMILES string of the molecule is COc1ccccc1[C@@H]1C=C(Cl)C2=COC[C@@H](C(C)(C)C)N3C(=O)[C@@H](CC(=O)O)OC1=C23. The number of carboxylic acid groups (broad SMARTS) is 1. The zero-order chi connectivity index (χ0) is 23.2. The highest BCUT2D eigenvalue weighted by atomic mass is 35.5. The lowest BCUT2D eigenvalue weighted by Crippen LogP contribution is -2.55. The van der Waals surface area contributed by atoms with Gasteiger partial charge in [0.15, 0.2) is 6.10 Å². The van der Waals surface area contributed by atoms with Crippen LogP contribution in [-0.2, 0) is 19.1 Å². The zero-order valence-electron chi connectivity index (χ0n) is 18.4. The maximum atomic E-state index is 13.5. The maximum absolute atomic E-state index is 13.5. The molecule has 4 rings (SSSR count). The number of carbonyl (C=O) groups is 2. The highest BCUT2D eigenvalue weighted by Gasteiger charge is 2.49. The Morgan fingerprint density at radius 3 is 2.69 bits per heavy atom. The van der Waals surface area contributed by atoms with E-state index in [2.05, 4.69) is 0 Å². The average molecular weight is 460 g/mol. The fourth-order valence-electron chi connectivity index (χ4n) is 4.35. The lowest BCUT2D eigenvalue weighted by molar-refractivity contribution is -0.155. The van der Waals surface area contributed by atoms with Gasteiger partial charge in [-0.3, -0.25) is 14.5 Å². The second-order valence-corrected chi connectivity index (χ2v) is 9.51. The van der Waals surface area contributed by atoms with E-state index in [1.165, 1.54) is 0 Å². The first-order chi connectivity index (χ1) is 15.1. The van der Waals surface area contributed by atoms with E-state index in [0.717, 1.165) is 5.56 Å². The van der Waals surface area contributed by atoms with Gasteiger partial charge in [0.1, 0.15) is 18.1 Å². The Balaban J connectivity index is 1.96. The molecule has 1 amide bonds. The van der Waals surface area contributed by atoms with Crippen LogP contribution in [0.5, 0.6) is 5.75 Å². The molecule has 0 saturated heterocycles. The van der Waals surface area contributed by atoms with Gasteiger partial charge in [0.2, 0.25) is 0 Å². The molecule has 3 atom stereocenters. The van der Waals surface area contributed by atoms with Crippen molar-refractivity contribution in [3.8, 4) is 5.75 Å². The van der Waals surface area contributed by atoms with Gasteiger partial charge in [-0.25, -0.2) is 0 Å². The van der Waals surface area contributed by atoms with E-state index >= 15 is 0 Å². The molecule has 0 saturated carbocycles. The molecule has 0 spiro atoms. The molecule has 1 aromatic carbocycles. The third-order valence-electron chi connectivity index (χ3n) is 5.96. The van der Waals surface area contributed by atoms with Crippen molar-refractivity contribution in [3.05, 3.63) is 64.2 Å². The highest BCUT2D eigenvalue weighted by molar-refractivity contribution is 6.32. The van der Waals surface area contributed by atoms with E-state index in [9.17, 15) is 14.7 Å². The van der Waals surface area contributed by atoms with Crippen LogP contribution < -0.4 is 4.74 Å². The molecule has 3 aliphatic rings. The van der Waals surface area contributed by atoms with Crippen LogP contribution in [0.1, 0.15) is 38.7 Å². The number of para-hydroxylation sites is 1. The molecule has 1 aliphatic carbocycles. The van der Waals surface area contributed by atoms with Gasteiger partial charge in [-0.15, -0.1) is 0 Å². The maximum Gasteiger partial charge on any atom is 0.307 e. The van der Waals surface area contributed by atoms with E-state index in [1.807, 2.05) is 51.1 Å². The Kier molecular flexibility index (Phi) is 5.71. The van der Waals surface area contributed by atoms with E-state index in [0.29, 0.717) is 27.8 Å². The lowest BCUT2D eigenvalue weighted by atomic mass is 9.82. The number of halogens is 1. The van der Waals surface area contributed by atoms with Gasteiger partial charge in [-0.2, -0.15) is 0 Å². The summed E-state index contributed by atoms with van der Waals surface area (Å²) in [5, 5.41) is 9.86. The van der Waals surface area contributed by atoms with Crippen LogP contribution in [0.3, 0.4) is 0 Å². The highest BCUT2D eigenvalue weighted by Crippen LogP contribution is 2.49. The first-order valence-electron chi connectivity index (χ1n) is 10.4. The van der Waals surface area contributed by atoms with Crippen LogP contribution >= 0.6 is 11.6 Å². The molecular weight excluding hydrogens is 434 g/mol. The second-order valence-electron chi connectivity index (χ2n) is 9.11. The summed E-state index contributed by atoms with van der Waals surface area (Å²) in [6.07, 6.45) is 1.77. The van der Waals surface area contributed by atoms with Crippen molar-refractivity contribution in [2.24, 2.45) is 5.41 Å². The molecule has 1 N–H and O–H groups in total. The van der Waals surface area contributed by atoms with Gasteiger partial charge in [0.25, 0.3) is 5.91 Å². The number of hydrogen-bond donors (Lipinski definition) is 1. The third-order valence-corrected chi connectivity index (χ3v) is 6.29. The minimum atomic E-state index is -1.15. The Hall–Kier alpha value is -2.93. The summed E-state index contributed by atoms with van der Waals surface area (Å²) in [5.74, 6) is -0.877. The summed E-state index contributed by atoms with van der Waals surface area (Å²) < 4.78 is 17.5. The number of hydrogen-bond acceptors (Lipinski definition) is 5. The number of allylic oxidation sites excluding steroid dienone is 2. The van der Waals surface area contributed by atoms with E-state index in [1.54, 1.807) is 18.3 Å².